The van der Waals surface area contributed by atoms with E-state index in [1.165, 1.54) is 198 Å². The summed E-state index contributed by atoms with van der Waals surface area (Å²) in [5.41, 5.74) is 6.29. The molecule has 0 saturated carbocycles. The smallest absolute Gasteiger partial charge is 0.00910 e. The van der Waals surface area contributed by atoms with Crippen molar-refractivity contribution >= 4 is 0 Å². The van der Waals surface area contributed by atoms with Crippen molar-refractivity contribution in [1.29, 1.82) is 0 Å². The van der Waals surface area contributed by atoms with Crippen molar-refractivity contribution in [2.75, 3.05) is 0 Å². The van der Waals surface area contributed by atoms with Crippen molar-refractivity contribution in [3.05, 3.63) is 144 Å². The van der Waals surface area contributed by atoms with E-state index < -0.39 is 0 Å². The van der Waals surface area contributed by atoms with Crippen LogP contribution in [0.5, 0.6) is 0 Å². The number of hydrogen-bond acceptors (Lipinski definition) is 0. The topological polar surface area (TPSA) is 0 Å². The van der Waals surface area contributed by atoms with Crippen LogP contribution < -0.4 is 0 Å². The summed E-state index contributed by atoms with van der Waals surface area (Å²) in [7, 11) is 0. The van der Waals surface area contributed by atoms with Crippen molar-refractivity contribution in [3.63, 3.8) is 0 Å². The minimum absolute atomic E-state index is 0.0300. The first-order valence-corrected chi connectivity index (χ1v) is 27.7. The Kier molecular flexibility index (Phi) is 27.2. The molecule has 4 atom stereocenters. The standard InChI is InChI=1S/C64H98/c1-6-9-11-13-15-17-18-19-20-21-22-24-26-28-42-53-62(58-48-37-31-38-49-58)64(60(43-8-3)56-44-33-29-34-45-56,55-54-63(4,5)59-50-39-32-40-51-59)61(57-46-35-30-36-47-57)52-41-27-25-23-16-14-12-10-7-2/h29-40,44-51,60-62H,6-28,41-43,52-55H2,1-5H3. The van der Waals surface area contributed by atoms with Crippen LogP contribution in [0.3, 0.4) is 0 Å². The Morgan fingerprint density at radius 3 is 0.891 bits per heavy atom. The predicted molar refractivity (Wildman–Crippen MR) is 285 cm³/mol. The van der Waals surface area contributed by atoms with Crippen molar-refractivity contribution in [1.82, 2.24) is 0 Å². The summed E-state index contributed by atoms with van der Waals surface area (Å²) in [4.78, 5) is 0. The maximum absolute atomic E-state index is 2.54. The SMILES string of the molecule is CCCCCCCCCCCCCCCCCC(c1ccccc1)C(CCC(C)(C)c1ccccc1)(C(CCC)c1ccccc1)C(CCCCCCCCCCC)c1ccccc1. The van der Waals surface area contributed by atoms with Gasteiger partial charge in [0, 0.05) is 0 Å². The van der Waals surface area contributed by atoms with Gasteiger partial charge < -0.3 is 0 Å². The molecule has 354 valence electrons. The highest BCUT2D eigenvalue weighted by Crippen LogP contribution is 2.63. The maximum Gasteiger partial charge on any atom is -0.00910 e. The zero-order chi connectivity index (χ0) is 45.4. The van der Waals surface area contributed by atoms with Crippen LogP contribution in [0.4, 0.5) is 0 Å². The molecule has 0 N–H and O–H groups in total. The van der Waals surface area contributed by atoms with E-state index in [1.807, 2.05) is 0 Å². The molecule has 0 saturated heterocycles. The molecule has 0 aromatic heterocycles. The molecule has 0 nitrogen and oxygen atoms in total. The third-order valence-corrected chi connectivity index (χ3v) is 15.6. The Morgan fingerprint density at radius 2 is 0.578 bits per heavy atom. The second kappa shape index (κ2) is 32.5. The van der Waals surface area contributed by atoms with Gasteiger partial charge in [0.1, 0.15) is 0 Å². The molecule has 4 unspecified atom stereocenters. The first-order chi connectivity index (χ1) is 31.5. The summed E-state index contributed by atoms with van der Waals surface area (Å²) < 4.78 is 0. The first kappa shape index (κ1) is 53.5. The molecule has 0 aliphatic rings. The molecule has 0 bridgehead atoms. The highest BCUT2D eigenvalue weighted by atomic mass is 14.5. The Morgan fingerprint density at radius 1 is 0.297 bits per heavy atom. The van der Waals surface area contributed by atoms with E-state index in [2.05, 4.69) is 156 Å². The number of hydrogen-bond donors (Lipinski definition) is 0. The van der Waals surface area contributed by atoms with E-state index in [0.717, 1.165) is 0 Å². The van der Waals surface area contributed by atoms with Gasteiger partial charge in [-0.05, 0) is 82.9 Å². The molecular weight excluding hydrogens is 769 g/mol. The quantitative estimate of drug-likeness (QED) is 0.0394. The fourth-order valence-corrected chi connectivity index (χ4v) is 11.8. The zero-order valence-electron chi connectivity index (χ0n) is 42.5. The molecule has 0 aliphatic heterocycles. The Labute approximate surface area is 397 Å². The van der Waals surface area contributed by atoms with Crippen LogP contribution in [-0.2, 0) is 5.41 Å². The first-order valence-electron chi connectivity index (χ1n) is 27.7. The Balaban J connectivity index is 1.68. The number of rotatable bonds is 38. The molecule has 0 aliphatic carbocycles. The average Bonchev–Trinajstić information content (AvgIpc) is 3.33. The summed E-state index contributed by atoms with van der Waals surface area (Å²) in [5.74, 6) is 1.38. The number of unbranched alkanes of at least 4 members (excludes halogenated alkanes) is 22. The van der Waals surface area contributed by atoms with Gasteiger partial charge in [0.2, 0.25) is 0 Å². The average molecular weight is 867 g/mol. The highest BCUT2D eigenvalue weighted by molar-refractivity contribution is 5.35. The van der Waals surface area contributed by atoms with Crippen molar-refractivity contribution in [3.8, 4) is 0 Å². The lowest BCUT2D eigenvalue weighted by Crippen LogP contribution is -2.43. The van der Waals surface area contributed by atoms with E-state index in [9.17, 15) is 0 Å². The van der Waals surface area contributed by atoms with Gasteiger partial charge in [0.15, 0.2) is 0 Å². The van der Waals surface area contributed by atoms with E-state index in [0.29, 0.717) is 17.8 Å². The van der Waals surface area contributed by atoms with Gasteiger partial charge >= 0.3 is 0 Å². The van der Waals surface area contributed by atoms with Crippen molar-refractivity contribution < 1.29 is 0 Å². The summed E-state index contributed by atoms with van der Waals surface area (Å²) in [5, 5.41) is 0. The van der Waals surface area contributed by atoms with Gasteiger partial charge in [-0.15, -0.1) is 0 Å². The van der Waals surface area contributed by atoms with Gasteiger partial charge in [-0.3, -0.25) is 0 Å². The third-order valence-electron chi connectivity index (χ3n) is 15.6. The lowest BCUT2D eigenvalue weighted by atomic mass is 9.49. The molecule has 4 aromatic rings. The van der Waals surface area contributed by atoms with Gasteiger partial charge in [0.25, 0.3) is 0 Å². The summed E-state index contributed by atoms with van der Waals surface area (Å²) in [6.07, 6.45) is 40.9. The monoisotopic (exact) mass is 867 g/mol. The second-order valence-corrected chi connectivity index (χ2v) is 20.9. The van der Waals surface area contributed by atoms with E-state index >= 15 is 0 Å². The molecule has 0 amide bonds. The van der Waals surface area contributed by atoms with E-state index in [4.69, 9.17) is 0 Å². The maximum atomic E-state index is 2.54. The molecule has 4 aromatic carbocycles. The van der Waals surface area contributed by atoms with Crippen molar-refractivity contribution in [2.24, 2.45) is 5.41 Å². The molecular formula is C64H98. The van der Waals surface area contributed by atoms with Gasteiger partial charge in [0.05, 0.1) is 0 Å². The van der Waals surface area contributed by atoms with Crippen LogP contribution in [0.15, 0.2) is 121 Å². The van der Waals surface area contributed by atoms with Crippen LogP contribution in [0.25, 0.3) is 0 Å². The summed E-state index contributed by atoms with van der Waals surface area (Å²) in [6, 6.07) is 47.4. The van der Waals surface area contributed by atoms with E-state index in [-0.39, 0.29) is 10.8 Å². The van der Waals surface area contributed by atoms with Gasteiger partial charge in [-0.2, -0.15) is 0 Å². The van der Waals surface area contributed by atoms with Gasteiger partial charge in [-0.1, -0.05) is 316 Å². The summed E-state index contributed by atoms with van der Waals surface area (Å²) >= 11 is 0. The molecule has 4 rings (SSSR count). The molecule has 0 heteroatoms. The zero-order valence-corrected chi connectivity index (χ0v) is 42.5. The lowest BCUT2D eigenvalue weighted by Gasteiger charge is -2.54. The van der Waals surface area contributed by atoms with E-state index in [1.54, 1.807) is 16.7 Å². The molecule has 0 spiro atoms. The largest absolute Gasteiger partial charge is 0.0654 e. The van der Waals surface area contributed by atoms with Crippen LogP contribution in [0.1, 0.15) is 267 Å². The minimum atomic E-state index is 0.0300. The number of benzene rings is 4. The third kappa shape index (κ3) is 18.6. The highest BCUT2D eigenvalue weighted by Gasteiger charge is 2.51. The van der Waals surface area contributed by atoms with Crippen LogP contribution in [0.2, 0.25) is 0 Å². The molecule has 0 heterocycles. The Hall–Kier alpha value is -3.12. The lowest BCUT2D eigenvalue weighted by molar-refractivity contribution is 0.0748. The van der Waals surface area contributed by atoms with Crippen LogP contribution >= 0.6 is 0 Å². The van der Waals surface area contributed by atoms with Crippen LogP contribution in [0, 0.1) is 5.41 Å². The molecule has 64 heavy (non-hydrogen) atoms. The fourth-order valence-electron chi connectivity index (χ4n) is 11.8. The molecule has 0 fully saturated rings. The van der Waals surface area contributed by atoms with Gasteiger partial charge in [-0.25, -0.2) is 0 Å². The minimum Gasteiger partial charge on any atom is -0.0654 e. The summed E-state index contributed by atoms with van der Waals surface area (Å²) in [6.45, 7) is 12.2. The van der Waals surface area contributed by atoms with Crippen LogP contribution in [-0.4, -0.2) is 0 Å². The fraction of sp³-hybridized carbons (Fsp3) is 0.625. The van der Waals surface area contributed by atoms with Crippen molar-refractivity contribution in [2.45, 2.75) is 250 Å². The Bertz CT molecular complexity index is 1640. The predicted octanol–water partition coefficient (Wildman–Crippen LogP) is 21.1. The normalized spacial score (nSPS) is 14.3. The second-order valence-electron chi connectivity index (χ2n) is 20.9. The molecule has 0 radical (unpaired) electrons.